The van der Waals surface area contributed by atoms with Crippen LogP contribution in [0.5, 0.6) is 11.6 Å². The van der Waals surface area contributed by atoms with Gasteiger partial charge in [0.2, 0.25) is 5.88 Å². The molecule has 1 N–H and O–H groups in total. The van der Waals surface area contributed by atoms with Crippen LogP contribution in [0.15, 0.2) is 42.5 Å². The van der Waals surface area contributed by atoms with E-state index >= 15 is 0 Å². The van der Waals surface area contributed by atoms with Crippen molar-refractivity contribution in [3.8, 4) is 11.6 Å². The highest BCUT2D eigenvalue weighted by molar-refractivity contribution is 5.99. The maximum Gasteiger partial charge on any atom is 0.241 e. The van der Waals surface area contributed by atoms with E-state index in [1.165, 1.54) is 11.1 Å². The molecule has 130 valence electrons. The first-order valence-corrected chi connectivity index (χ1v) is 8.32. The standard InChI is InChI=1S/C20H23N3O2/c1-13-8-5-6-9-15(13)14(2)12-21-19-18-16(20(25-4)23-22-19)10-7-11-17(18)24-3/h5-11,14H,12H2,1-4H3,(H,21,22). The number of rotatable bonds is 6. The van der Waals surface area contributed by atoms with Gasteiger partial charge in [-0.05, 0) is 36.1 Å². The Morgan fingerprint density at radius 3 is 2.52 bits per heavy atom. The highest BCUT2D eigenvalue weighted by Crippen LogP contribution is 2.35. The van der Waals surface area contributed by atoms with Gasteiger partial charge in [0, 0.05) is 6.54 Å². The average Bonchev–Trinajstić information content (AvgIpc) is 2.65. The summed E-state index contributed by atoms with van der Waals surface area (Å²) in [5.74, 6) is 2.28. The molecule has 0 bridgehead atoms. The van der Waals surface area contributed by atoms with Gasteiger partial charge in [0.15, 0.2) is 5.82 Å². The molecule has 2 aromatic carbocycles. The van der Waals surface area contributed by atoms with Gasteiger partial charge in [-0.2, -0.15) is 0 Å². The molecule has 0 saturated carbocycles. The lowest BCUT2D eigenvalue weighted by Gasteiger charge is -2.17. The number of hydrogen-bond donors (Lipinski definition) is 1. The van der Waals surface area contributed by atoms with Gasteiger partial charge in [-0.1, -0.05) is 37.3 Å². The molecule has 1 aromatic heterocycles. The summed E-state index contributed by atoms with van der Waals surface area (Å²) in [6, 6.07) is 14.2. The number of aryl methyl sites for hydroxylation is 1. The van der Waals surface area contributed by atoms with Crippen molar-refractivity contribution in [3.63, 3.8) is 0 Å². The summed E-state index contributed by atoms with van der Waals surface area (Å²) in [6.45, 7) is 5.09. The average molecular weight is 337 g/mol. The van der Waals surface area contributed by atoms with E-state index in [1.807, 2.05) is 18.2 Å². The molecule has 0 aliphatic rings. The van der Waals surface area contributed by atoms with E-state index in [0.717, 1.165) is 23.1 Å². The summed E-state index contributed by atoms with van der Waals surface area (Å²) in [5.41, 5.74) is 2.62. The molecule has 5 nitrogen and oxygen atoms in total. The van der Waals surface area contributed by atoms with Crippen LogP contribution in [0.4, 0.5) is 5.82 Å². The van der Waals surface area contributed by atoms with E-state index in [1.54, 1.807) is 14.2 Å². The molecule has 0 spiro atoms. The molecule has 0 radical (unpaired) electrons. The van der Waals surface area contributed by atoms with Crippen LogP contribution < -0.4 is 14.8 Å². The molecular weight excluding hydrogens is 314 g/mol. The molecule has 0 fully saturated rings. The number of benzene rings is 2. The van der Waals surface area contributed by atoms with Crippen LogP contribution in [0, 0.1) is 6.92 Å². The molecule has 1 heterocycles. The summed E-state index contributed by atoms with van der Waals surface area (Å²) in [7, 11) is 3.25. The lowest BCUT2D eigenvalue weighted by atomic mass is 9.96. The maximum absolute atomic E-state index is 5.51. The van der Waals surface area contributed by atoms with Crippen molar-refractivity contribution in [1.82, 2.24) is 10.2 Å². The summed E-state index contributed by atoms with van der Waals surface area (Å²) in [4.78, 5) is 0. The van der Waals surface area contributed by atoms with Gasteiger partial charge in [-0.25, -0.2) is 0 Å². The first-order chi connectivity index (χ1) is 12.2. The zero-order chi connectivity index (χ0) is 17.8. The summed E-state index contributed by atoms with van der Waals surface area (Å²) in [6.07, 6.45) is 0. The SMILES string of the molecule is COc1nnc(NCC(C)c2ccccc2C)c2c(OC)cccc12. The molecule has 0 aliphatic carbocycles. The number of nitrogens with one attached hydrogen (secondary N) is 1. The van der Waals surface area contributed by atoms with Gasteiger partial charge < -0.3 is 14.8 Å². The van der Waals surface area contributed by atoms with Crippen molar-refractivity contribution >= 4 is 16.6 Å². The number of fused-ring (bicyclic) bond motifs is 1. The van der Waals surface area contributed by atoms with Gasteiger partial charge in [-0.15, -0.1) is 10.2 Å². The second-order valence-corrected chi connectivity index (χ2v) is 6.08. The fourth-order valence-electron chi connectivity index (χ4n) is 3.10. The molecule has 1 unspecified atom stereocenters. The molecule has 0 amide bonds. The highest BCUT2D eigenvalue weighted by atomic mass is 16.5. The van der Waals surface area contributed by atoms with Crippen molar-refractivity contribution in [3.05, 3.63) is 53.6 Å². The number of ether oxygens (including phenoxy) is 2. The molecule has 1 atom stereocenters. The van der Waals surface area contributed by atoms with Crippen LogP contribution in [-0.2, 0) is 0 Å². The van der Waals surface area contributed by atoms with E-state index in [-0.39, 0.29) is 0 Å². The van der Waals surface area contributed by atoms with Crippen LogP contribution in [0.3, 0.4) is 0 Å². The summed E-state index contributed by atoms with van der Waals surface area (Å²) in [5, 5.41) is 13.7. The van der Waals surface area contributed by atoms with Crippen LogP contribution in [0.25, 0.3) is 10.8 Å². The largest absolute Gasteiger partial charge is 0.496 e. The number of hydrogen-bond acceptors (Lipinski definition) is 5. The van der Waals surface area contributed by atoms with Gasteiger partial charge in [0.05, 0.1) is 25.0 Å². The van der Waals surface area contributed by atoms with Crippen molar-refractivity contribution in [1.29, 1.82) is 0 Å². The summed E-state index contributed by atoms with van der Waals surface area (Å²) >= 11 is 0. The predicted octanol–water partition coefficient (Wildman–Crippen LogP) is 4.17. The van der Waals surface area contributed by atoms with Gasteiger partial charge in [-0.3, -0.25) is 0 Å². The second kappa shape index (κ2) is 7.38. The third-order valence-corrected chi connectivity index (χ3v) is 4.44. The zero-order valence-electron chi connectivity index (χ0n) is 15.0. The smallest absolute Gasteiger partial charge is 0.241 e. The zero-order valence-corrected chi connectivity index (χ0v) is 15.0. The first kappa shape index (κ1) is 17.0. The Morgan fingerprint density at radius 2 is 1.80 bits per heavy atom. The van der Waals surface area contributed by atoms with E-state index in [4.69, 9.17) is 9.47 Å². The Kier molecular flexibility index (Phi) is 5.03. The topological polar surface area (TPSA) is 56.3 Å². The van der Waals surface area contributed by atoms with E-state index in [9.17, 15) is 0 Å². The lowest BCUT2D eigenvalue weighted by Crippen LogP contribution is -2.13. The van der Waals surface area contributed by atoms with E-state index in [0.29, 0.717) is 17.6 Å². The third kappa shape index (κ3) is 3.36. The van der Waals surface area contributed by atoms with Gasteiger partial charge in [0.1, 0.15) is 5.75 Å². The number of nitrogens with zero attached hydrogens (tertiary/aromatic N) is 2. The Hall–Kier alpha value is -2.82. The van der Waals surface area contributed by atoms with Crippen LogP contribution in [-0.4, -0.2) is 31.0 Å². The number of methoxy groups -OCH3 is 2. The predicted molar refractivity (Wildman–Crippen MR) is 101 cm³/mol. The van der Waals surface area contributed by atoms with Gasteiger partial charge in [0.25, 0.3) is 0 Å². The number of anilines is 1. The van der Waals surface area contributed by atoms with Crippen LogP contribution >= 0.6 is 0 Å². The monoisotopic (exact) mass is 337 g/mol. The molecule has 25 heavy (non-hydrogen) atoms. The number of aromatic nitrogens is 2. The Bertz CT molecular complexity index is 880. The minimum atomic E-state index is 0.342. The molecule has 3 aromatic rings. The third-order valence-electron chi connectivity index (χ3n) is 4.44. The fraction of sp³-hybridized carbons (Fsp3) is 0.300. The van der Waals surface area contributed by atoms with Crippen molar-refractivity contribution < 1.29 is 9.47 Å². The Labute approximate surface area is 148 Å². The van der Waals surface area contributed by atoms with Crippen LogP contribution in [0.2, 0.25) is 0 Å². The summed E-state index contributed by atoms with van der Waals surface area (Å²) < 4.78 is 10.9. The molecule has 3 rings (SSSR count). The van der Waals surface area contributed by atoms with Crippen molar-refractivity contribution in [2.75, 3.05) is 26.1 Å². The molecule has 0 aliphatic heterocycles. The lowest BCUT2D eigenvalue weighted by molar-refractivity contribution is 0.396. The first-order valence-electron chi connectivity index (χ1n) is 8.32. The quantitative estimate of drug-likeness (QED) is 0.731. The Morgan fingerprint density at radius 1 is 1.00 bits per heavy atom. The van der Waals surface area contributed by atoms with Gasteiger partial charge >= 0.3 is 0 Å². The fourth-order valence-corrected chi connectivity index (χ4v) is 3.10. The minimum absolute atomic E-state index is 0.342. The van der Waals surface area contributed by atoms with Crippen molar-refractivity contribution in [2.45, 2.75) is 19.8 Å². The Balaban J connectivity index is 1.93. The van der Waals surface area contributed by atoms with Crippen LogP contribution in [0.1, 0.15) is 24.0 Å². The molecule has 0 saturated heterocycles. The minimum Gasteiger partial charge on any atom is -0.496 e. The molecule has 5 heteroatoms. The second-order valence-electron chi connectivity index (χ2n) is 6.08. The highest BCUT2D eigenvalue weighted by Gasteiger charge is 2.15. The molecular formula is C20H23N3O2. The van der Waals surface area contributed by atoms with Crippen molar-refractivity contribution in [2.24, 2.45) is 0 Å². The van der Waals surface area contributed by atoms with E-state index < -0.39 is 0 Å². The van der Waals surface area contributed by atoms with E-state index in [2.05, 4.69) is 53.6 Å². The maximum atomic E-state index is 5.51. The normalized spacial score (nSPS) is 12.0.